The van der Waals surface area contributed by atoms with Gasteiger partial charge in [0.2, 0.25) is 0 Å². The predicted octanol–water partition coefficient (Wildman–Crippen LogP) is 14.4. The van der Waals surface area contributed by atoms with E-state index in [0.717, 1.165) is 56.9 Å². The van der Waals surface area contributed by atoms with Crippen LogP contribution in [0.4, 0.5) is 56.9 Å². The van der Waals surface area contributed by atoms with Gasteiger partial charge in [-0.1, -0.05) is 133 Å². The Morgan fingerprint density at radius 3 is 0.839 bits per heavy atom. The van der Waals surface area contributed by atoms with Crippen molar-refractivity contribution in [2.45, 2.75) is 0 Å². The van der Waals surface area contributed by atoms with E-state index in [-0.39, 0.29) is 0 Å². The lowest BCUT2D eigenvalue weighted by Gasteiger charge is -2.41. The van der Waals surface area contributed by atoms with Gasteiger partial charge < -0.3 is 19.6 Å². The van der Waals surface area contributed by atoms with Crippen molar-refractivity contribution in [3.8, 4) is 22.3 Å². The van der Waals surface area contributed by atoms with Gasteiger partial charge in [-0.05, 0) is 93.7 Å². The number of rotatable bonds is 4. The molecule has 0 fully saturated rings. The van der Waals surface area contributed by atoms with E-state index in [9.17, 15) is 0 Å². The Balaban J connectivity index is 1.38. The van der Waals surface area contributed by atoms with E-state index in [1.807, 2.05) is 0 Å². The van der Waals surface area contributed by atoms with Crippen LogP contribution < -0.4 is 19.6 Å². The summed E-state index contributed by atoms with van der Waals surface area (Å²) in [5.41, 5.74) is 16.3. The molecule has 0 saturated carbocycles. The quantitative estimate of drug-likeness (QED) is 0.168. The second-order valence-corrected chi connectivity index (χ2v) is 14.6. The summed E-state index contributed by atoms with van der Waals surface area (Å²) in [6.07, 6.45) is 0. The summed E-state index contributed by atoms with van der Waals surface area (Å²) in [6, 6.07) is 70.9. The second-order valence-electron chi connectivity index (χ2n) is 14.6. The summed E-state index contributed by atoms with van der Waals surface area (Å²) in [5.74, 6) is 0. The molecule has 0 aromatic heterocycles. The van der Waals surface area contributed by atoms with Gasteiger partial charge in [0.15, 0.2) is 0 Å². The average molecular weight is 719 g/mol. The normalized spacial score (nSPS) is 13.0. The highest BCUT2D eigenvalue weighted by atomic mass is 15.3. The van der Waals surface area contributed by atoms with Gasteiger partial charge in [-0.2, -0.15) is 0 Å². The van der Waals surface area contributed by atoms with Gasteiger partial charge in [-0.15, -0.1) is 0 Å². The number of anilines is 10. The van der Waals surface area contributed by atoms with Gasteiger partial charge in [0.05, 0.1) is 56.9 Å². The van der Waals surface area contributed by atoms with Crippen molar-refractivity contribution in [3.05, 3.63) is 194 Å². The Labute approximate surface area is 327 Å². The number of hydrogen-bond acceptors (Lipinski definition) is 4. The molecule has 0 unspecified atom stereocenters. The van der Waals surface area contributed by atoms with Crippen LogP contribution in [0.25, 0.3) is 43.8 Å². The van der Waals surface area contributed by atoms with Crippen LogP contribution in [-0.2, 0) is 0 Å². The van der Waals surface area contributed by atoms with E-state index in [4.69, 9.17) is 0 Å². The lowest BCUT2D eigenvalue weighted by Crippen LogP contribution is -2.25. The molecular weight excluding hydrogens is 681 g/mol. The van der Waals surface area contributed by atoms with Crippen LogP contribution in [-0.4, -0.2) is 14.1 Å². The lowest BCUT2D eigenvalue weighted by atomic mass is 9.83. The largest absolute Gasteiger partial charge is 0.341 e. The van der Waals surface area contributed by atoms with Crippen LogP contribution in [0.5, 0.6) is 0 Å². The molecule has 0 N–H and O–H groups in total. The highest BCUT2D eigenvalue weighted by molar-refractivity contribution is 6.29. The minimum atomic E-state index is 1.13. The summed E-state index contributed by atoms with van der Waals surface area (Å²) in [7, 11) is 4.35. The standard InChI is InChI=1S/C52H38N4/c1-53-39-25-11-15-29-43(39)55(44-30-16-12-26-40(44)53)47-33-34-48(56-45-31-17-13-27-41(45)54(2)42-28-14-18-32-46(42)56)52-50(36-21-7-4-8-22-36)38-24-10-9-23-37(38)49(51(47)52)35-19-5-3-6-20-35/h3-34H,1-2H3. The number of fused-ring (bicyclic) bond motifs is 6. The highest BCUT2D eigenvalue weighted by Gasteiger charge is 2.34. The number of nitrogens with zero attached hydrogens (tertiary/aromatic N) is 4. The van der Waals surface area contributed by atoms with Crippen molar-refractivity contribution >= 4 is 78.4 Å². The van der Waals surface area contributed by atoms with Crippen molar-refractivity contribution in [1.82, 2.24) is 0 Å². The molecule has 0 radical (unpaired) electrons. The molecule has 266 valence electrons. The van der Waals surface area contributed by atoms with Gasteiger partial charge in [0, 0.05) is 24.9 Å². The molecule has 56 heavy (non-hydrogen) atoms. The molecule has 0 bridgehead atoms. The van der Waals surface area contributed by atoms with Crippen molar-refractivity contribution < 1.29 is 0 Å². The first-order valence-corrected chi connectivity index (χ1v) is 19.2. The maximum atomic E-state index is 2.50. The third-order valence-electron chi connectivity index (χ3n) is 11.7. The Kier molecular flexibility index (Phi) is 7.26. The van der Waals surface area contributed by atoms with Crippen LogP contribution >= 0.6 is 0 Å². The maximum absolute atomic E-state index is 2.50. The Morgan fingerprint density at radius 2 is 0.518 bits per heavy atom. The SMILES string of the molecule is CN1c2ccccc2N(c2ccc(N3c4ccccc4N(C)c4ccccc43)c3c(-c4ccccc4)c4ccccc4c(-c4ccccc4)c23)c2ccccc21. The molecule has 0 atom stereocenters. The monoisotopic (exact) mass is 718 g/mol. The van der Waals surface area contributed by atoms with E-state index in [1.165, 1.54) is 43.8 Å². The van der Waals surface area contributed by atoms with Crippen LogP contribution in [0.3, 0.4) is 0 Å². The van der Waals surface area contributed by atoms with Gasteiger partial charge in [-0.25, -0.2) is 0 Å². The summed E-state index contributed by atoms with van der Waals surface area (Å²) >= 11 is 0. The van der Waals surface area contributed by atoms with Gasteiger partial charge in [0.25, 0.3) is 0 Å². The van der Waals surface area contributed by atoms with Crippen LogP contribution in [0, 0.1) is 0 Å². The molecule has 2 aliphatic heterocycles. The number of benzene rings is 9. The van der Waals surface area contributed by atoms with Crippen LogP contribution in [0.1, 0.15) is 0 Å². The van der Waals surface area contributed by atoms with Crippen LogP contribution in [0.2, 0.25) is 0 Å². The highest BCUT2D eigenvalue weighted by Crippen LogP contribution is 2.59. The second kappa shape index (κ2) is 12.6. The topological polar surface area (TPSA) is 13.0 Å². The number of hydrogen-bond donors (Lipinski definition) is 0. The minimum absolute atomic E-state index is 1.13. The zero-order valence-corrected chi connectivity index (χ0v) is 31.3. The van der Waals surface area contributed by atoms with Crippen LogP contribution in [0.15, 0.2) is 194 Å². The summed E-state index contributed by atoms with van der Waals surface area (Å²) in [6.45, 7) is 0. The fraction of sp³-hybridized carbons (Fsp3) is 0.0385. The first kappa shape index (κ1) is 32.2. The third kappa shape index (κ3) is 4.66. The van der Waals surface area contributed by atoms with Crippen molar-refractivity contribution in [2.24, 2.45) is 0 Å². The molecule has 2 heterocycles. The maximum Gasteiger partial charge on any atom is 0.0699 e. The summed E-state index contributed by atoms with van der Waals surface area (Å²) in [4.78, 5) is 9.63. The molecule has 4 heteroatoms. The molecule has 0 saturated heterocycles. The minimum Gasteiger partial charge on any atom is -0.341 e. The van der Waals surface area contributed by atoms with Crippen molar-refractivity contribution in [2.75, 3.05) is 33.7 Å². The Bertz CT molecular complexity index is 2680. The molecule has 0 spiro atoms. The summed E-state index contributed by atoms with van der Waals surface area (Å²) < 4.78 is 0. The molecular formula is C52H38N4. The molecule has 0 aliphatic carbocycles. The van der Waals surface area contributed by atoms with Gasteiger partial charge in [-0.3, -0.25) is 0 Å². The fourth-order valence-corrected chi connectivity index (χ4v) is 9.24. The predicted molar refractivity (Wildman–Crippen MR) is 238 cm³/mol. The molecule has 0 amide bonds. The zero-order valence-electron chi connectivity index (χ0n) is 31.3. The molecule has 9 aromatic rings. The van der Waals surface area contributed by atoms with Gasteiger partial charge >= 0.3 is 0 Å². The van der Waals surface area contributed by atoms with Gasteiger partial charge in [0.1, 0.15) is 0 Å². The number of para-hydroxylation sites is 8. The fourth-order valence-electron chi connectivity index (χ4n) is 9.24. The first-order valence-electron chi connectivity index (χ1n) is 19.2. The van der Waals surface area contributed by atoms with E-state index >= 15 is 0 Å². The first-order chi connectivity index (χ1) is 27.7. The molecule has 11 rings (SSSR count). The Hall–Kier alpha value is -7.30. The van der Waals surface area contributed by atoms with E-state index in [0.29, 0.717) is 0 Å². The third-order valence-corrected chi connectivity index (χ3v) is 11.7. The van der Waals surface area contributed by atoms with E-state index in [1.54, 1.807) is 0 Å². The van der Waals surface area contributed by atoms with Crippen molar-refractivity contribution in [3.63, 3.8) is 0 Å². The van der Waals surface area contributed by atoms with E-state index < -0.39 is 0 Å². The average Bonchev–Trinajstić information content (AvgIpc) is 3.27. The van der Waals surface area contributed by atoms with E-state index in [2.05, 4.69) is 228 Å². The molecule has 9 aromatic carbocycles. The zero-order chi connectivity index (χ0) is 37.3. The lowest BCUT2D eigenvalue weighted by molar-refractivity contribution is 1.13. The Morgan fingerprint density at radius 1 is 0.250 bits per heavy atom. The van der Waals surface area contributed by atoms with Crippen molar-refractivity contribution in [1.29, 1.82) is 0 Å². The summed E-state index contributed by atoms with van der Waals surface area (Å²) in [5, 5.41) is 4.85. The smallest absolute Gasteiger partial charge is 0.0699 e. The molecule has 4 nitrogen and oxygen atoms in total. The molecule has 2 aliphatic rings.